The summed E-state index contributed by atoms with van der Waals surface area (Å²) >= 11 is 6.01. The molecule has 1 aromatic carbocycles. The molecule has 1 aliphatic rings. The minimum absolute atomic E-state index is 0.270. The Morgan fingerprint density at radius 3 is 2.64 bits per heavy atom. The van der Waals surface area contributed by atoms with E-state index in [-0.39, 0.29) is 5.91 Å². The Hall–Kier alpha value is -2.12. The summed E-state index contributed by atoms with van der Waals surface area (Å²) in [7, 11) is 3.87. The summed E-state index contributed by atoms with van der Waals surface area (Å²) in [6, 6.07) is 4.18. The highest BCUT2D eigenvalue weighted by molar-refractivity contribution is 6.35. The number of carbonyl (C=O) groups excluding carboxylic acids is 3. The Labute approximate surface area is 152 Å². The van der Waals surface area contributed by atoms with Crippen LogP contribution in [-0.2, 0) is 14.4 Å². The molecule has 3 amide bonds. The number of rotatable bonds is 6. The van der Waals surface area contributed by atoms with Gasteiger partial charge < -0.3 is 20.4 Å². The van der Waals surface area contributed by atoms with Gasteiger partial charge >= 0.3 is 11.8 Å². The van der Waals surface area contributed by atoms with Gasteiger partial charge in [-0.1, -0.05) is 11.6 Å². The van der Waals surface area contributed by atoms with Crippen LogP contribution in [-0.4, -0.2) is 56.4 Å². The minimum Gasteiger partial charge on any atom is -0.348 e. The summed E-state index contributed by atoms with van der Waals surface area (Å²) in [6.07, 6.45) is 0.733. The highest BCUT2D eigenvalue weighted by atomic mass is 35.5. The van der Waals surface area contributed by atoms with E-state index in [2.05, 4.69) is 10.6 Å². The molecule has 0 saturated carbocycles. The number of nitrogens with zero attached hydrogens (tertiary/aromatic N) is 2. The van der Waals surface area contributed by atoms with Crippen molar-refractivity contribution in [3.05, 3.63) is 28.8 Å². The van der Waals surface area contributed by atoms with Crippen molar-refractivity contribution in [3.8, 4) is 0 Å². The number of likely N-dealkylation sites (N-methyl/N-ethyl adjacent to an activating group) is 1. The average Bonchev–Trinajstić information content (AvgIpc) is 2.82. The van der Waals surface area contributed by atoms with Crippen molar-refractivity contribution in [2.24, 2.45) is 0 Å². The van der Waals surface area contributed by atoms with Gasteiger partial charge in [0.1, 0.15) is 6.04 Å². The molecule has 1 aromatic rings. The Bertz CT molecular complexity index is 678. The van der Waals surface area contributed by atoms with Crippen molar-refractivity contribution >= 4 is 35.0 Å². The summed E-state index contributed by atoms with van der Waals surface area (Å²) in [5.74, 6) is -1.84. The van der Waals surface area contributed by atoms with Crippen LogP contribution in [0.2, 0.25) is 5.02 Å². The molecule has 0 saturated heterocycles. The molecule has 2 rings (SSSR count). The smallest absolute Gasteiger partial charge is 0.310 e. The first-order valence-electron chi connectivity index (χ1n) is 8.19. The monoisotopic (exact) mass is 366 g/mol. The maximum absolute atomic E-state index is 12.5. The Morgan fingerprint density at radius 1 is 1.28 bits per heavy atom. The van der Waals surface area contributed by atoms with Gasteiger partial charge in [-0.2, -0.15) is 0 Å². The lowest BCUT2D eigenvalue weighted by Crippen LogP contribution is -2.44. The lowest BCUT2D eigenvalue weighted by atomic mass is 10.1. The van der Waals surface area contributed by atoms with Gasteiger partial charge in [-0.3, -0.25) is 14.4 Å². The predicted octanol–water partition coefficient (Wildman–Crippen LogP) is 0.932. The van der Waals surface area contributed by atoms with Crippen LogP contribution in [0.5, 0.6) is 0 Å². The second-order valence-corrected chi connectivity index (χ2v) is 6.54. The molecule has 136 valence electrons. The molecule has 0 fully saturated rings. The molecule has 1 aliphatic heterocycles. The van der Waals surface area contributed by atoms with Crippen LogP contribution in [0.4, 0.5) is 5.69 Å². The molecular weight excluding hydrogens is 344 g/mol. The van der Waals surface area contributed by atoms with Crippen LogP contribution >= 0.6 is 11.6 Å². The summed E-state index contributed by atoms with van der Waals surface area (Å²) in [6.45, 7) is 3.52. The topological polar surface area (TPSA) is 81.8 Å². The zero-order valence-corrected chi connectivity index (χ0v) is 15.4. The second-order valence-electron chi connectivity index (χ2n) is 6.10. The number of hydrogen-bond acceptors (Lipinski definition) is 4. The van der Waals surface area contributed by atoms with Gasteiger partial charge in [-0.05, 0) is 52.2 Å². The Morgan fingerprint density at radius 2 is 2.00 bits per heavy atom. The van der Waals surface area contributed by atoms with Crippen LogP contribution < -0.4 is 15.5 Å². The van der Waals surface area contributed by atoms with Crippen LogP contribution in [0.15, 0.2) is 18.2 Å². The molecular formula is C17H23ClN4O3. The van der Waals surface area contributed by atoms with Gasteiger partial charge in [0, 0.05) is 29.4 Å². The van der Waals surface area contributed by atoms with E-state index >= 15 is 0 Å². The molecule has 1 heterocycles. The van der Waals surface area contributed by atoms with Gasteiger partial charge in [0.25, 0.3) is 5.91 Å². The van der Waals surface area contributed by atoms with Crippen molar-refractivity contribution in [2.45, 2.75) is 19.4 Å². The highest BCUT2D eigenvalue weighted by Gasteiger charge is 2.38. The van der Waals surface area contributed by atoms with Crippen molar-refractivity contribution in [1.82, 2.24) is 15.5 Å². The van der Waals surface area contributed by atoms with Crippen LogP contribution in [0.3, 0.4) is 0 Å². The van der Waals surface area contributed by atoms with Gasteiger partial charge in [-0.15, -0.1) is 0 Å². The maximum Gasteiger partial charge on any atom is 0.310 e. The van der Waals surface area contributed by atoms with Crippen LogP contribution in [0.25, 0.3) is 0 Å². The summed E-state index contributed by atoms with van der Waals surface area (Å²) in [4.78, 5) is 40.1. The number of benzene rings is 1. The SMILES string of the molecule is CCN1C(=O)[C@@H](NC(=O)C(=O)NCCCN(C)C)c2cc(Cl)ccc21. The number of amides is 3. The van der Waals surface area contributed by atoms with Crippen molar-refractivity contribution in [1.29, 1.82) is 0 Å². The fraction of sp³-hybridized carbons (Fsp3) is 0.471. The van der Waals surface area contributed by atoms with Crippen molar-refractivity contribution < 1.29 is 14.4 Å². The molecule has 0 bridgehead atoms. The maximum atomic E-state index is 12.5. The van der Waals surface area contributed by atoms with E-state index in [4.69, 9.17) is 11.6 Å². The summed E-state index contributed by atoms with van der Waals surface area (Å²) in [5.41, 5.74) is 1.31. The number of hydrogen-bond donors (Lipinski definition) is 2. The molecule has 0 spiro atoms. The fourth-order valence-corrected chi connectivity index (χ4v) is 2.93. The van der Waals surface area contributed by atoms with E-state index in [1.54, 1.807) is 23.1 Å². The first-order valence-corrected chi connectivity index (χ1v) is 8.57. The average molecular weight is 367 g/mol. The number of carbonyl (C=O) groups is 3. The largest absolute Gasteiger partial charge is 0.348 e. The molecule has 0 radical (unpaired) electrons. The van der Waals surface area contributed by atoms with E-state index in [0.29, 0.717) is 29.4 Å². The van der Waals surface area contributed by atoms with E-state index in [1.165, 1.54) is 0 Å². The third kappa shape index (κ3) is 4.49. The van der Waals surface area contributed by atoms with Gasteiger partial charge in [0.05, 0.1) is 0 Å². The van der Waals surface area contributed by atoms with Crippen LogP contribution in [0, 0.1) is 0 Å². The lowest BCUT2D eigenvalue weighted by Gasteiger charge is -2.15. The van der Waals surface area contributed by atoms with Crippen molar-refractivity contribution in [2.75, 3.05) is 38.6 Å². The second kappa shape index (κ2) is 8.31. The zero-order valence-electron chi connectivity index (χ0n) is 14.6. The third-order valence-corrected chi connectivity index (χ3v) is 4.21. The number of fused-ring (bicyclic) bond motifs is 1. The molecule has 0 aliphatic carbocycles. The number of nitrogens with one attached hydrogen (secondary N) is 2. The molecule has 0 unspecified atom stereocenters. The quantitative estimate of drug-likeness (QED) is 0.579. The Kier molecular flexibility index (Phi) is 6.39. The third-order valence-electron chi connectivity index (χ3n) is 3.97. The number of halogens is 1. The standard InChI is InChI=1S/C17H23ClN4O3/c1-4-22-13-7-6-11(18)10-12(13)14(17(22)25)20-16(24)15(23)19-8-5-9-21(2)3/h6-7,10,14H,4-5,8-9H2,1-3H3,(H,19,23)(H,20,24)/t14-/m0/s1. The molecule has 2 N–H and O–H groups in total. The van der Waals surface area contributed by atoms with E-state index in [9.17, 15) is 14.4 Å². The molecule has 0 aromatic heterocycles. The van der Waals surface area contributed by atoms with E-state index < -0.39 is 17.9 Å². The normalized spacial score (nSPS) is 16.1. The first-order chi connectivity index (χ1) is 11.8. The van der Waals surface area contributed by atoms with Gasteiger partial charge in [0.2, 0.25) is 0 Å². The zero-order chi connectivity index (χ0) is 18.6. The molecule has 8 heteroatoms. The fourth-order valence-electron chi connectivity index (χ4n) is 2.75. The summed E-state index contributed by atoms with van der Waals surface area (Å²) < 4.78 is 0. The Balaban J connectivity index is 2.02. The van der Waals surface area contributed by atoms with Gasteiger partial charge in [-0.25, -0.2) is 0 Å². The predicted molar refractivity (Wildman–Crippen MR) is 96.5 cm³/mol. The van der Waals surface area contributed by atoms with E-state index in [0.717, 1.165) is 13.0 Å². The van der Waals surface area contributed by atoms with Gasteiger partial charge in [0.15, 0.2) is 0 Å². The van der Waals surface area contributed by atoms with Crippen molar-refractivity contribution in [3.63, 3.8) is 0 Å². The summed E-state index contributed by atoms with van der Waals surface area (Å²) in [5, 5.41) is 5.54. The molecule has 25 heavy (non-hydrogen) atoms. The lowest BCUT2D eigenvalue weighted by molar-refractivity contribution is -0.140. The number of anilines is 1. The minimum atomic E-state index is -0.895. The van der Waals surface area contributed by atoms with Crippen LogP contribution in [0.1, 0.15) is 24.9 Å². The molecule has 7 nitrogen and oxygen atoms in total. The highest BCUT2D eigenvalue weighted by Crippen LogP contribution is 2.37. The first kappa shape index (κ1) is 19.2. The van der Waals surface area contributed by atoms with E-state index in [1.807, 2.05) is 25.9 Å². The molecule has 1 atom stereocenters.